The average Bonchev–Trinajstić information content (AvgIpc) is 2.39. The largest absolute Gasteiger partial charge is 0.489 e. The summed E-state index contributed by atoms with van der Waals surface area (Å²) in [7, 11) is 0. The van der Waals surface area contributed by atoms with Crippen molar-refractivity contribution in [2.75, 3.05) is 0 Å². The molecule has 0 bridgehead atoms. The summed E-state index contributed by atoms with van der Waals surface area (Å²) in [6, 6.07) is 8.65. The van der Waals surface area contributed by atoms with Crippen molar-refractivity contribution in [3.63, 3.8) is 0 Å². The zero-order valence-corrected chi connectivity index (χ0v) is 11.4. The van der Waals surface area contributed by atoms with Gasteiger partial charge in [0.05, 0.1) is 5.56 Å². The number of ether oxygens (including phenoxy) is 1. The Morgan fingerprint density at radius 3 is 2.75 bits per heavy atom. The Bertz CT molecular complexity index is 656. The quantitative estimate of drug-likeness (QED) is 0.925. The van der Waals surface area contributed by atoms with Gasteiger partial charge in [0.25, 0.3) is 0 Å². The van der Waals surface area contributed by atoms with Gasteiger partial charge in [-0.3, -0.25) is 0 Å². The third kappa shape index (κ3) is 3.27. The van der Waals surface area contributed by atoms with Gasteiger partial charge in [-0.1, -0.05) is 17.7 Å². The number of rotatable bonds is 4. The molecule has 1 N–H and O–H groups in total. The Hall–Kier alpha value is -2.07. The predicted molar refractivity (Wildman–Crippen MR) is 73.9 cm³/mol. The first-order valence-corrected chi connectivity index (χ1v) is 6.26. The van der Waals surface area contributed by atoms with Crippen LogP contribution in [0.4, 0.5) is 4.39 Å². The Morgan fingerprint density at radius 2 is 2.05 bits per heavy atom. The molecule has 0 aliphatic rings. The van der Waals surface area contributed by atoms with Crippen molar-refractivity contribution in [2.24, 2.45) is 0 Å². The maximum atomic E-state index is 13.2. The van der Waals surface area contributed by atoms with Gasteiger partial charge in [-0.25, -0.2) is 9.18 Å². The summed E-state index contributed by atoms with van der Waals surface area (Å²) in [4.78, 5) is 11.1. The second-order valence-corrected chi connectivity index (χ2v) is 4.74. The van der Waals surface area contributed by atoms with E-state index in [1.165, 1.54) is 6.07 Å². The molecule has 0 unspecified atom stereocenters. The van der Waals surface area contributed by atoms with Crippen molar-refractivity contribution < 1.29 is 19.0 Å². The van der Waals surface area contributed by atoms with E-state index in [2.05, 4.69) is 0 Å². The van der Waals surface area contributed by atoms with Crippen LogP contribution in [0.5, 0.6) is 5.75 Å². The second kappa shape index (κ2) is 5.92. The molecule has 20 heavy (non-hydrogen) atoms. The third-order valence-electron chi connectivity index (χ3n) is 2.83. The fraction of sp³-hybridized carbons (Fsp3) is 0.133. The van der Waals surface area contributed by atoms with Crippen LogP contribution in [0.3, 0.4) is 0 Å². The Kier molecular flexibility index (Phi) is 4.25. The molecule has 5 heteroatoms. The lowest BCUT2D eigenvalue weighted by Crippen LogP contribution is -2.06. The minimum absolute atomic E-state index is 0.0195. The highest BCUT2D eigenvalue weighted by Gasteiger charge is 2.12. The SMILES string of the molecule is Cc1ccc(Cl)cc1OCc1cc(F)ccc1C(=O)O. The second-order valence-electron chi connectivity index (χ2n) is 4.31. The van der Waals surface area contributed by atoms with Crippen LogP contribution < -0.4 is 4.74 Å². The van der Waals surface area contributed by atoms with E-state index in [9.17, 15) is 9.18 Å². The number of hydrogen-bond acceptors (Lipinski definition) is 2. The normalized spacial score (nSPS) is 10.3. The molecule has 0 atom stereocenters. The van der Waals surface area contributed by atoms with E-state index < -0.39 is 11.8 Å². The molecule has 0 aliphatic carbocycles. The highest BCUT2D eigenvalue weighted by Crippen LogP contribution is 2.24. The number of aryl methyl sites for hydroxylation is 1. The molecule has 2 aromatic carbocycles. The molecule has 0 saturated heterocycles. The van der Waals surface area contributed by atoms with Crippen LogP contribution in [0.1, 0.15) is 21.5 Å². The van der Waals surface area contributed by atoms with Crippen molar-refractivity contribution in [2.45, 2.75) is 13.5 Å². The maximum Gasteiger partial charge on any atom is 0.336 e. The van der Waals surface area contributed by atoms with Gasteiger partial charge in [-0.15, -0.1) is 0 Å². The van der Waals surface area contributed by atoms with Crippen LogP contribution >= 0.6 is 11.6 Å². The number of aromatic carboxylic acids is 1. The highest BCUT2D eigenvalue weighted by molar-refractivity contribution is 6.30. The maximum absolute atomic E-state index is 13.2. The summed E-state index contributed by atoms with van der Waals surface area (Å²) in [6.07, 6.45) is 0. The first-order valence-electron chi connectivity index (χ1n) is 5.88. The molecular formula is C15H12ClFO3. The Balaban J connectivity index is 2.24. The molecule has 104 valence electrons. The van der Waals surface area contributed by atoms with E-state index in [-0.39, 0.29) is 17.7 Å². The van der Waals surface area contributed by atoms with Crippen LogP contribution in [-0.4, -0.2) is 11.1 Å². The van der Waals surface area contributed by atoms with Crippen molar-refractivity contribution in [3.05, 3.63) is 63.9 Å². The molecule has 2 rings (SSSR count). The summed E-state index contributed by atoms with van der Waals surface area (Å²) in [5.41, 5.74) is 1.16. The highest BCUT2D eigenvalue weighted by atomic mass is 35.5. The van der Waals surface area contributed by atoms with Gasteiger partial charge in [0.2, 0.25) is 0 Å². The van der Waals surface area contributed by atoms with Crippen molar-refractivity contribution >= 4 is 17.6 Å². The lowest BCUT2D eigenvalue weighted by Gasteiger charge is -2.11. The van der Waals surface area contributed by atoms with Crippen molar-refractivity contribution in [1.82, 2.24) is 0 Å². The fourth-order valence-corrected chi connectivity index (χ4v) is 1.94. The zero-order valence-electron chi connectivity index (χ0n) is 10.7. The lowest BCUT2D eigenvalue weighted by atomic mass is 10.1. The molecule has 0 fully saturated rings. The zero-order chi connectivity index (χ0) is 14.7. The molecule has 0 aromatic heterocycles. The number of carboxylic acids is 1. The summed E-state index contributed by atoms with van der Waals surface area (Å²) in [5.74, 6) is -1.08. The topological polar surface area (TPSA) is 46.5 Å². The minimum Gasteiger partial charge on any atom is -0.489 e. The molecule has 2 aromatic rings. The first kappa shape index (κ1) is 14.3. The standard InChI is InChI=1S/C15H12ClFO3/c1-9-2-3-11(16)7-14(9)20-8-10-6-12(17)4-5-13(10)15(18)19/h2-7H,8H2,1H3,(H,18,19). The van der Waals surface area contributed by atoms with Crippen LogP contribution in [-0.2, 0) is 6.61 Å². The van der Waals surface area contributed by atoms with Crippen molar-refractivity contribution in [1.29, 1.82) is 0 Å². The van der Waals surface area contributed by atoms with E-state index in [1.807, 2.05) is 6.92 Å². The first-order chi connectivity index (χ1) is 9.47. The Morgan fingerprint density at radius 1 is 1.30 bits per heavy atom. The third-order valence-corrected chi connectivity index (χ3v) is 3.07. The molecule has 0 saturated carbocycles. The van der Waals surface area contributed by atoms with Crippen LogP contribution in [0.15, 0.2) is 36.4 Å². The smallest absolute Gasteiger partial charge is 0.336 e. The van der Waals surface area contributed by atoms with Gasteiger partial charge in [-0.05, 0) is 42.8 Å². The molecule has 0 radical (unpaired) electrons. The van der Waals surface area contributed by atoms with Crippen LogP contribution in [0.25, 0.3) is 0 Å². The van der Waals surface area contributed by atoms with Gasteiger partial charge >= 0.3 is 5.97 Å². The van der Waals surface area contributed by atoms with E-state index >= 15 is 0 Å². The van der Waals surface area contributed by atoms with Crippen LogP contribution in [0.2, 0.25) is 5.02 Å². The fourth-order valence-electron chi connectivity index (χ4n) is 1.78. The summed E-state index contributed by atoms with van der Waals surface area (Å²) >= 11 is 5.87. The minimum atomic E-state index is -1.12. The van der Waals surface area contributed by atoms with E-state index in [1.54, 1.807) is 18.2 Å². The van der Waals surface area contributed by atoms with Gasteiger partial charge in [0, 0.05) is 10.6 Å². The van der Waals surface area contributed by atoms with Gasteiger partial charge in [0.1, 0.15) is 18.2 Å². The van der Waals surface area contributed by atoms with Gasteiger partial charge in [0.15, 0.2) is 0 Å². The van der Waals surface area contributed by atoms with E-state index in [0.29, 0.717) is 10.8 Å². The number of carbonyl (C=O) groups is 1. The van der Waals surface area contributed by atoms with Gasteiger partial charge in [-0.2, -0.15) is 0 Å². The molecule has 0 heterocycles. The van der Waals surface area contributed by atoms with Crippen molar-refractivity contribution in [3.8, 4) is 5.75 Å². The number of halogens is 2. The number of hydrogen-bond donors (Lipinski definition) is 1. The lowest BCUT2D eigenvalue weighted by molar-refractivity contribution is 0.0694. The summed E-state index contributed by atoms with van der Waals surface area (Å²) < 4.78 is 18.7. The Labute approximate surface area is 120 Å². The predicted octanol–water partition coefficient (Wildman–Crippen LogP) is 4.06. The van der Waals surface area contributed by atoms with Crippen LogP contribution in [0, 0.1) is 12.7 Å². The molecule has 0 aliphatic heterocycles. The summed E-state index contributed by atoms with van der Waals surface area (Å²) in [6.45, 7) is 1.80. The van der Waals surface area contributed by atoms with E-state index in [4.69, 9.17) is 21.4 Å². The van der Waals surface area contributed by atoms with E-state index in [0.717, 1.165) is 17.7 Å². The summed E-state index contributed by atoms with van der Waals surface area (Å²) in [5, 5.41) is 9.57. The average molecular weight is 295 g/mol. The molecular weight excluding hydrogens is 283 g/mol. The number of benzene rings is 2. The molecule has 3 nitrogen and oxygen atoms in total. The molecule has 0 amide bonds. The number of carboxylic acid groups (broad SMARTS) is 1. The monoisotopic (exact) mass is 294 g/mol. The van der Waals surface area contributed by atoms with Gasteiger partial charge < -0.3 is 9.84 Å². The molecule has 0 spiro atoms.